The number of nitrogens with zero attached hydrogens (tertiary/aromatic N) is 2. The fourth-order valence-corrected chi connectivity index (χ4v) is 4.24. The Labute approximate surface area is 181 Å². The average Bonchev–Trinajstić information content (AvgIpc) is 2.72. The fourth-order valence-electron chi connectivity index (χ4n) is 4.24. The van der Waals surface area contributed by atoms with E-state index in [0.29, 0.717) is 11.8 Å². The van der Waals surface area contributed by atoms with Gasteiger partial charge in [-0.3, -0.25) is 4.99 Å². The predicted molar refractivity (Wildman–Crippen MR) is 124 cm³/mol. The molecular weight excluding hydrogens is 449 g/mol. The lowest BCUT2D eigenvalue weighted by Crippen LogP contribution is -2.48. The van der Waals surface area contributed by atoms with Gasteiger partial charge in [0.1, 0.15) is 0 Å². The van der Waals surface area contributed by atoms with Crippen LogP contribution in [-0.2, 0) is 4.74 Å². The monoisotopic (exact) mass is 483 g/mol. The van der Waals surface area contributed by atoms with Gasteiger partial charge in [-0.15, -0.1) is 24.0 Å². The van der Waals surface area contributed by atoms with Crippen molar-refractivity contribution in [1.29, 1.82) is 0 Å². The van der Waals surface area contributed by atoms with E-state index in [9.17, 15) is 0 Å². The minimum absolute atomic E-state index is 0. The summed E-state index contributed by atoms with van der Waals surface area (Å²) in [5, 5.41) is 3.58. The first-order valence-electron chi connectivity index (χ1n) is 10.1. The van der Waals surface area contributed by atoms with Crippen LogP contribution in [0.2, 0.25) is 0 Å². The van der Waals surface area contributed by atoms with Crippen molar-refractivity contribution in [3.05, 3.63) is 47.5 Å². The van der Waals surface area contributed by atoms with Crippen LogP contribution >= 0.6 is 24.0 Å². The van der Waals surface area contributed by atoms with Crippen molar-refractivity contribution in [2.45, 2.75) is 38.5 Å². The smallest absolute Gasteiger partial charge is 0.193 e. The van der Waals surface area contributed by atoms with E-state index in [2.05, 4.69) is 58.5 Å². The maximum Gasteiger partial charge on any atom is 0.193 e. The Morgan fingerprint density at radius 1 is 1.30 bits per heavy atom. The molecule has 3 rings (SSSR count). The third kappa shape index (κ3) is 6.21. The molecule has 150 valence electrons. The number of piperidine rings is 1. The molecule has 5 heteroatoms. The van der Waals surface area contributed by atoms with Crippen LogP contribution in [0.3, 0.4) is 0 Å². The molecule has 0 spiro atoms. The summed E-state index contributed by atoms with van der Waals surface area (Å²) in [7, 11) is 1.90. The lowest BCUT2D eigenvalue weighted by atomic mass is 9.79. The maximum absolute atomic E-state index is 5.39. The van der Waals surface area contributed by atoms with Crippen molar-refractivity contribution in [3.63, 3.8) is 0 Å². The molecule has 2 aliphatic rings. The van der Waals surface area contributed by atoms with Gasteiger partial charge < -0.3 is 15.0 Å². The van der Waals surface area contributed by atoms with Crippen molar-refractivity contribution in [3.8, 4) is 0 Å². The van der Waals surface area contributed by atoms with E-state index in [1.165, 1.54) is 24.0 Å². The summed E-state index contributed by atoms with van der Waals surface area (Å²) in [6.07, 6.45) is 6.79. The zero-order valence-corrected chi connectivity index (χ0v) is 19.0. The summed E-state index contributed by atoms with van der Waals surface area (Å²) in [4.78, 5) is 7.00. The van der Waals surface area contributed by atoms with Gasteiger partial charge in [0.15, 0.2) is 5.96 Å². The normalized spacial score (nSPS) is 23.4. The second kappa shape index (κ2) is 11.7. The molecule has 2 unspecified atom stereocenters. The molecule has 2 heterocycles. The molecule has 1 aromatic rings. The summed E-state index contributed by atoms with van der Waals surface area (Å²) in [6.45, 7) is 7.07. The topological polar surface area (TPSA) is 36.9 Å². The first-order chi connectivity index (χ1) is 12.8. The summed E-state index contributed by atoms with van der Waals surface area (Å²) in [5.41, 5.74) is 3.00. The molecule has 2 atom stereocenters. The standard InChI is InChI=1S/C22H33N3O.HI/c1-3-19-17-25(14-10-21(19)20-7-5-4-6-8-20)22(23-2)24-13-9-18-11-15-26-16-12-18;/h4-8,11,19,21H,3,9-10,12-17H2,1-2H3,(H,23,24);1H. The van der Waals surface area contributed by atoms with Crippen LogP contribution in [-0.4, -0.2) is 50.8 Å². The summed E-state index contributed by atoms with van der Waals surface area (Å²) >= 11 is 0. The first kappa shape index (κ1) is 22.2. The number of halogens is 1. The van der Waals surface area contributed by atoms with E-state index >= 15 is 0 Å². The van der Waals surface area contributed by atoms with Gasteiger partial charge in [-0.25, -0.2) is 0 Å². The number of rotatable bonds is 5. The van der Waals surface area contributed by atoms with Crippen LogP contribution < -0.4 is 5.32 Å². The van der Waals surface area contributed by atoms with E-state index in [1.54, 1.807) is 0 Å². The minimum Gasteiger partial charge on any atom is -0.377 e. The minimum atomic E-state index is 0. The fraction of sp³-hybridized carbons (Fsp3) is 0.591. The van der Waals surface area contributed by atoms with E-state index < -0.39 is 0 Å². The quantitative estimate of drug-likeness (QED) is 0.292. The summed E-state index contributed by atoms with van der Waals surface area (Å²) in [5.74, 6) is 2.41. The van der Waals surface area contributed by atoms with E-state index in [1.807, 2.05) is 7.05 Å². The molecule has 2 aliphatic heterocycles. The van der Waals surface area contributed by atoms with Gasteiger partial charge in [-0.05, 0) is 36.7 Å². The van der Waals surface area contributed by atoms with Crippen LogP contribution in [0.4, 0.5) is 0 Å². The Bertz CT molecular complexity index is 617. The zero-order chi connectivity index (χ0) is 18.2. The highest BCUT2D eigenvalue weighted by Gasteiger charge is 2.30. The highest BCUT2D eigenvalue weighted by molar-refractivity contribution is 14.0. The van der Waals surface area contributed by atoms with Crippen LogP contribution in [0, 0.1) is 5.92 Å². The highest BCUT2D eigenvalue weighted by Crippen LogP contribution is 2.34. The number of hydrogen-bond acceptors (Lipinski definition) is 2. The van der Waals surface area contributed by atoms with Crippen LogP contribution in [0.15, 0.2) is 47.0 Å². The van der Waals surface area contributed by atoms with Gasteiger partial charge in [-0.1, -0.05) is 55.3 Å². The lowest BCUT2D eigenvalue weighted by molar-refractivity contribution is 0.153. The SMILES string of the molecule is CCC1CN(C(=NC)NCCC2=CCOCC2)CCC1c1ccccc1.I. The average molecular weight is 483 g/mol. The van der Waals surface area contributed by atoms with E-state index in [4.69, 9.17) is 4.74 Å². The van der Waals surface area contributed by atoms with Crippen molar-refractivity contribution >= 4 is 29.9 Å². The molecular formula is C22H34IN3O. The molecule has 0 aliphatic carbocycles. The van der Waals surface area contributed by atoms with E-state index in [0.717, 1.165) is 51.6 Å². The number of likely N-dealkylation sites (tertiary alicyclic amines) is 1. The largest absolute Gasteiger partial charge is 0.377 e. The maximum atomic E-state index is 5.39. The Balaban J connectivity index is 0.00000261. The van der Waals surface area contributed by atoms with E-state index in [-0.39, 0.29) is 24.0 Å². The molecule has 0 saturated carbocycles. The predicted octanol–water partition coefficient (Wildman–Crippen LogP) is 4.43. The Morgan fingerprint density at radius 3 is 2.78 bits per heavy atom. The van der Waals surface area contributed by atoms with Crippen LogP contribution in [0.25, 0.3) is 0 Å². The molecule has 1 N–H and O–H groups in total. The van der Waals surface area contributed by atoms with Gasteiger partial charge in [0.05, 0.1) is 13.2 Å². The first-order valence-corrected chi connectivity index (χ1v) is 10.1. The second-order valence-corrected chi connectivity index (χ2v) is 7.33. The van der Waals surface area contributed by atoms with Gasteiger partial charge >= 0.3 is 0 Å². The number of ether oxygens (including phenoxy) is 1. The van der Waals surface area contributed by atoms with Crippen LogP contribution in [0.1, 0.15) is 44.1 Å². The molecule has 0 aromatic heterocycles. The highest BCUT2D eigenvalue weighted by atomic mass is 127. The third-order valence-corrected chi connectivity index (χ3v) is 5.78. The summed E-state index contributed by atoms with van der Waals surface area (Å²) < 4.78 is 5.39. The van der Waals surface area contributed by atoms with Gasteiger partial charge in [0.2, 0.25) is 0 Å². The Hall–Kier alpha value is -1.08. The van der Waals surface area contributed by atoms with Crippen molar-refractivity contribution in [2.75, 3.05) is 39.9 Å². The van der Waals surface area contributed by atoms with Crippen molar-refractivity contribution in [2.24, 2.45) is 10.9 Å². The number of nitrogens with one attached hydrogen (secondary N) is 1. The third-order valence-electron chi connectivity index (χ3n) is 5.78. The van der Waals surface area contributed by atoms with Crippen molar-refractivity contribution < 1.29 is 4.74 Å². The zero-order valence-electron chi connectivity index (χ0n) is 16.7. The molecule has 0 amide bonds. The summed E-state index contributed by atoms with van der Waals surface area (Å²) in [6, 6.07) is 11.0. The molecule has 27 heavy (non-hydrogen) atoms. The van der Waals surface area contributed by atoms with Gasteiger partial charge in [-0.2, -0.15) is 0 Å². The molecule has 1 aromatic carbocycles. The molecule has 4 nitrogen and oxygen atoms in total. The Morgan fingerprint density at radius 2 is 2.11 bits per heavy atom. The lowest BCUT2D eigenvalue weighted by Gasteiger charge is -2.40. The molecule has 1 saturated heterocycles. The number of guanidine groups is 1. The van der Waals surface area contributed by atoms with Gasteiger partial charge in [0.25, 0.3) is 0 Å². The van der Waals surface area contributed by atoms with Gasteiger partial charge in [0, 0.05) is 26.7 Å². The molecule has 0 radical (unpaired) electrons. The molecule has 1 fully saturated rings. The number of hydrogen-bond donors (Lipinski definition) is 1. The molecule has 0 bridgehead atoms. The second-order valence-electron chi connectivity index (χ2n) is 7.33. The number of aliphatic imine (C=N–C) groups is 1. The van der Waals surface area contributed by atoms with Crippen molar-refractivity contribution in [1.82, 2.24) is 10.2 Å². The van der Waals surface area contributed by atoms with Crippen LogP contribution in [0.5, 0.6) is 0 Å². The number of benzene rings is 1. The Kier molecular flexibility index (Phi) is 9.62.